The molecule has 0 saturated carbocycles. The Morgan fingerprint density at radius 3 is 2.78 bits per heavy atom. The van der Waals surface area contributed by atoms with Crippen molar-refractivity contribution < 1.29 is 9.59 Å². The van der Waals surface area contributed by atoms with Crippen LogP contribution < -0.4 is 10.2 Å². The van der Waals surface area contributed by atoms with Gasteiger partial charge in [0.05, 0.1) is 24.2 Å². The highest BCUT2D eigenvalue weighted by molar-refractivity contribution is 7.10. The lowest BCUT2D eigenvalue weighted by atomic mass is 9.97. The van der Waals surface area contributed by atoms with E-state index in [9.17, 15) is 9.59 Å². The van der Waals surface area contributed by atoms with Gasteiger partial charge in [0.2, 0.25) is 11.8 Å². The van der Waals surface area contributed by atoms with Crippen LogP contribution in [0, 0.1) is 12.8 Å². The Morgan fingerprint density at radius 2 is 2.11 bits per heavy atom. The molecule has 27 heavy (non-hydrogen) atoms. The molecule has 7 heteroatoms. The molecule has 0 unspecified atom stereocenters. The number of thiophene rings is 1. The van der Waals surface area contributed by atoms with Gasteiger partial charge in [-0.15, -0.1) is 11.3 Å². The van der Waals surface area contributed by atoms with Crippen LogP contribution in [0.3, 0.4) is 0 Å². The Balaban J connectivity index is 1.62. The van der Waals surface area contributed by atoms with E-state index in [2.05, 4.69) is 15.5 Å². The predicted molar refractivity (Wildman–Crippen MR) is 104 cm³/mol. The largest absolute Gasteiger partial charge is 0.350 e. The van der Waals surface area contributed by atoms with Crippen LogP contribution in [-0.4, -0.2) is 22.0 Å². The van der Waals surface area contributed by atoms with Crippen LogP contribution in [0.25, 0.3) is 0 Å². The van der Waals surface area contributed by atoms with Gasteiger partial charge in [0.25, 0.3) is 0 Å². The third-order valence-electron chi connectivity index (χ3n) is 4.82. The molecule has 1 fully saturated rings. The average Bonchev–Trinajstić information content (AvgIpc) is 3.41. The number of aryl methyl sites for hydroxylation is 1. The van der Waals surface area contributed by atoms with Gasteiger partial charge in [-0.2, -0.15) is 5.10 Å². The fourth-order valence-electron chi connectivity index (χ4n) is 3.46. The van der Waals surface area contributed by atoms with E-state index >= 15 is 0 Å². The van der Waals surface area contributed by atoms with E-state index in [1.54, 1.807) is 22.4 Å². The van der Waals surface area contributed by atoms with E-state index in [1.165, 1.54) is 0 Å². The summed E-state index contributed by atoms with van der Waals surface area (Å²) in [6, 6.07) is 13.3. The first-order valence-electron chi connectivity index (χ1n) is 8.81. The average molecular weight is 380 g/mol. The predicted octanol–water partition coefficient (Wildman–Crippen LogP) is 3.19. The van der Waals surface area contributed by atoms with E-state index in [4.69, 9.17) is 0 Å². The summed E-state index contributed by atoms with van der Waals surface area (Å²) in [5, 5.41) is 11.6. The number of aromatic amines is 1. The molecule has 0 spiro atoms. The number of rotatable bonds is 5. The summed E-state index contributed by atoms with van der Waals surface area (Å²) in [7, 11) is 0. The van der Waals surface area contributed by atoms with Crippen molar-refractivity contribution >= 4 is 28.8 Å². The number of aromatic nitrogens is 2. The molecular weight excluding hydrogens is 360 g/mol. The van der Waals surface area contributed by atoms with Gasteiger partial charge >= 0.3 is 0 Å². The summed E-state index contributed by atoms with van der Waals surface area (Å²) in [4.78, 5) is 28.5. The zero-order valence-electron chi connectivity index (χ0n) is 14.9. The second-order valence-electron chi connectivity index (χ2n) is 6.67. The normalized spacial score (nSPS) is 19.4. The Kier molecular flexibility index (Phi) is 4.77. The lowest BCUT2D eigenvalue weighted by Gasteiger charge is -2.27. The van der Waals surface area contributed by atoms with Crippen molar-refractivity contribution in [1.29, 1.82) is 0 Å². The lowest BCUT2D eigenvalue weighted by Crippen LogP contribution is -2.35. The first kappa shape index (κ1) is 17.5. The molecule has 138 valence electrons. The Labute approximate surface area is 161 Å². The molecule has 1 aliphatic rings. The monoisotopic (exact) mass is 380 g/mol. The molecule has 6 nitrogen and oxygen atoms in total. The van der Waals surface area contributed by atoms with Crippen molar-refractivity contribution in [1.82, 2.24) is 15.5 Å². The molecule has 0 radical (unpaired) electrons. The molecule has 1 aliphatic heterocycles. The molecule has 3 heterocycles. The minimum Gasteiger partial charge on any atom is -0.350 e. The van der Waals surface area contributed by atoms with E-state index in [-0.39, 0.29) is 24.3 Å². The Hall–Kier alpha value is -2.93. The SMILES string of the molecule is Cc1ccc(N2C(=O)C[C@@H](C(=O)NCc3ccn[nH]3)[C@H]2c2cccs2)cc1. The minimum atomic E-state index is -0.430. The van der Waals surface area contributed by atoms with Gasteiger partial charge in [-0.3, -0.25) is 14.7 Å². The summed E-state index contributed by atoms with van der Waals surface area (Å²) in [6.07, 6.45) is 1.85. The third-order valence-corrected chi connectivity index (χ3v) is 5.76. The van der Waals surface area contributed by atoms with Crippen molar-refractivity contribution in [3.8, 4) is 0 Å². The van der Waals surface area contributed by atoms with Gasteiger partial charge in [-0.1, -0.05) is 23.8 Å². The van der Waals surface area contributed by atoms with E-state index in [0.29, 0.717) is 6.54 Å². The second-order valence-corrected chi connectivity index (χ2v) is 7.65. The number of carbonyl (C=O) groups excluding carboxylic acids is 2. The summed E-state index contributed by atoms with van der Waals surface area (Å²) in [6.45, 7) is 2.38. The second kappa shape index (κ2) is 7.36. The van der Waals surface area contributed by atoms with Gasteiger partial charge in [0, 0.05) is 23.2 Å². The molecule has 3 aromatic rings. The fraction of sp³-hybridized carbons (Fsp3) is 0.250. The van der Waals surface area contributed by atoms with Gasteiger partial charge in [-0.25, -0.2) is 0 Å². The van der Waals surface area contributed by atoms with Crippen molar-refractivity contribution in [2.24, 2.45) is 5.92 Å². The number of nitrogens with one attached hydrogen (secondary N) is 2. The summed E-state index contributed by atoms with van der Waals surface area (Å²) < 4.78 is 0. The highest BCUT2D eigenvalue weighted by Crippen LogP contribution is 2.43. The molecule has 2 aromatic heterocycles. The van der Waals surface area contributed by atoms with Crippen molar-refractivity contribution in [2.75, 3.05) is 4.90 Å². The number of H-pyrrole nitrogens is 1. The number of anilines is 1. The van der Waals surface area contributed by atoms with Crippen molar-refractivity contribution in [3.63, 3.8) is 0 Å². The number of nitrogens with zero attached hydrogens (tertiary/aromatic N) is 2. The fourth-order valence-corrected chi connectivity index (χ4v) is 4.34. The van der Waals surface area contributed by atoms with Gasteiger partial charge in [-0.05, 0) is 36.6 Å². The van der Waals surface area contributed by atoms with Crippen LogP contribution >= 0.6 is 11.3 Å². The maximum atomic E-state index is 12.9. The summed E-state index contributed by atoms with van der Waals surface area (Å²) >= 11 is 1.57. The smallest absolute Gasteiger partial charge is 0.228 e. The molecule has 4 rings (SSSR count). The number of benzene rings is 1. The van der Waals surface area contributed by atoms with Crippen LogP contribution in [0.15, 0.2) is 54.0 Å². The molecule has 2 N–H and O–H groups in total. The zero-order chi connectivity index (χ0) is 18.8. The highest BCUT2D eigenvalue weighted by Gasteiger charge is 2.45. The molecule has 1 aromatic carbocycles. The van der Waals surface area contributed by atoms with E-state index < -0.39 is 5.92 Å². The maximum Gasteiger partial charge on any atom is 0.228 e. The molecular formula is C20H20N4O2S. The van der Waals surface area contributed by atoms with Crippen molar-refractivity contribution in [3.05, 3.63) is 70.2 Å². The first-order chi connectivity index (χ1) is 13.1. The van der Waals surface area contributed by atoms with Gasteiger partial charge in [0.15, 0.2) is 0 Å². The van der Waals surface area contributed by atoms with E-state index in [1.807, 2.05) is 54.8 Å². The van der Waals surface area contributed by atoms with Crippen LogP contribution in [-0.2, 0) is 16.1 Å². The lowest BCUT2D eigenvalue weighted by molar-refractivity contribution is -0.127. The number of hydrogen-bond donors (Lipinski definition) is 2. The van der Waals surface area contributed by atoms with Crippen LogP contribution in [0.2, 0.25) is 0 Å². The molecule has 1 saturated heterocycles. The van der Waals surface area contributed by atoms with Crippen molar-refractivity contribution in [2.45, 2.75) is 25.9 Å². The molecule has 0 bridgehead atoms. The number of hydrogen-bond acceptors (Lipinski definition) is 4. The molecule has 2 amide bonds. The standard InChI is InChI=1S/C20H20N4O2S/c1-13-4-6-15(7-5-13)24-18(25)11-16(19(24)17-3-2-10-27-17)20(26)21-12-14-8-9-22-23-14/h2-10,16,19H,11-12H2,1H3,(H,21,26)(H,22,23)/t16-,19+/m1/s1. The van der Waals surface area contributed by atoms with Crippen LogP contribution in [0.4, 0.5) is 5.69 Å². The van der Waals surface area contributed by atoms with Crippen LogP contribution in [0.5, 0.6) is 0 Å². The van der Waals surface area contributed by atoms with E-state index in [0.717, 1.165) is 21.8 Å². The minimum absolute atomic E-state index is 0.0288. The number of carbonyl (C=O) groups is 2. The van der Waals surface area contributed by atoms with Gasteiger partial charge < -0.3 is 10.2 Å². The zero-order valence-corrected chi connectivity index (χ0v) is 15.7. The summed E-state index contributed by atoms with van der Waals surface area (Å²) in [5.41, 5.74) is 2.79. The third kappa shape index (κ3) is 3.50. The first-order valence-corrected chi connectivity index (χ1v) is 9.69. The quantitative estimate of drug-likeness (QED) is 0.714. The number of amides is 2. The Morgan fingerprint density at radius 1 is 1.30 bits per heavy atom. The maximum absolute atomic E-state index is 12.9. The topological polar surface area (TPSA) is 78.1 Å². The summed E-state index contributed by atoms with van der Waals surface area (Å²) in [5.74, 6) is -0.578. The van der Waals surface area contributed by atoms with Gasteiger partial charge in [0.1, 0.15) is 0 Å². The highest BCUT2D eigenvalue weighted by atomic mass is 32.1. The molecule has 2 atom stereocenters. The Bertz CT molecular complexity index is 920. The molecule has 0 aliphatic carbocycles. The van der Waals surface area contributed by atoms with Crippen LogP contribution in [0.1, 0.15) is 28.6 Å².